The van der Waals surface area contributed by atoms with Gasteiger partial charge < -0.3 is 10.1 Å². The largest absolute Gasteiger partial charge is 0.381 e. The summed E-state index contributed by atoms with van der Waals surface area (Å²) >= 11 is 11.9. The Balaban J connectivity index is 2.25. The van der Waals surface area contributed by atoms with Crippen molar-refractivity contribution in [2.24, 2.45) is 0 Å². The summed E-state index contributed by atoms with van der Waals surface area (Å²) in [5.41, 5.74) is -0.0964. The zero-order valence-corrected chi connectivity index (χ0v) is 14.0. The molecular formula is C12H12Cl3NO4S. The number of ether oxygens (including phenoxy) is 1. The Bertz CT molecular complexity index is 671. The molecule has 1 aromatic carbocycles. The molecule has 9 heteroatoms. The zero-order valence-electron chi connectivity index (χ0n) is 10.9. The van der Waals surface area contributed by atoms with Crippen molar-refractivity contribution in [2.75, 3.05) is 7.11 Å². The van der Waals surface area contributed by atoms with Crippen molar-refractivity contribution >= 4 is 48.8 Å². The van der Waals surface area contributed by atoms with Gasteiger partial charge in [-0.05, 0) is 25.0 Å². The fraction of sp³-hybridized carbons (Fsp3) is 0.417. The van der Waals surface area contributed by atoms with Crippen molar-refractivity contribution in [1.82, 2.24) is 5.32 Å². The van der Waals surface area contributed by atoms with Crippen LogP contribution in [0.2, 0.25) is 10.0 Å². The van der Waals surface area contributed by atoms with Gasteiger partial charge in [0.15, 0.2) is 0 Å². The molecule has 1 aliphatic carbocycles. The molecule has 2 rings (SSSR count). The SMILES string of the molecule is COC1CC(NC(=O)c2c(Cl)ccc(S(=O)(=O)Cl)c2Cl)C1. The second-order valence-corrected chi connectivity index (χ2v) is 7.99. The highest BCUT2D eigenvalue weighted by Crippen LogP contribution is 2.33. The molecule has 21 heavy (non-hydrogen) atoms. The molecule has 0 radical (unpaired) electrons. The first kappa shape index (κ1) is 16.8. The van der Waals surface area contributed by atoms with Crippen LogP contribution in [-0.2, 0) is 13.8 Å². The third kappa shape index (κ3) is 3.63. The minimum absolute atomic E-state index is 0.0501. The Hall–Kier alpha value is -0.530. The average molecular weight is 373 g/mol. The molecule has 1 N–H and O–H groups in total. The standard InChI is InChI=1S/C12H12Cl3NO4S/c1-20-7-4-6(5-7)16-12(17)10-8(13)2-3-9(11(10)14)21(15,18)19/h2-3,6-7H,4-5H2,1H3,(H,16,17). The van der Waals surface area contributed by atoms with Crippen molar-refractivity contribution in [2.45, 2.75) is 29.9 Å². The number of amides is 1. The lowest BCUT2D eigenvalue weighted by atomic mass is 9.89. The molecule has 116 valence electrons. The number of rotatable bonds is 4. The van der Waals surface area contributed by atoms with Gasteiger partial charge >= 0.3 is 0 Å². The van der Waals surface area contributed by atoms with Crippen LogP contribution in [0.3, 0.4) is 0 Å². The average Bonchev–Trinajstić information content (AvgIpc) is 2.31. The van der Waals surface area contributed by atoms with Gasteiger partial charge in [-0.1, -0.05) is 23.2 Å². The summed E-state index contributed by atoms with van der Waals surface area (Å²) in [5, 5.41) is 2.51. The van der Waals surface area contributed by atoms with E-state index in [9.17, 15) is 13.2 Å². The molecule has 0 spiro atoms. The van der Waals surface area contributed by atoms with Crippen LogP contribution in [0.4, 0.5) is 0 Å². The number of nitrogens with one attached hydrogen (secondary N) is 1. The van der Waals surface area contributed by atoms with Gasteiger partial charge in [-0.15, -0.1) is 0 Å². The van der Waals surface area contributed by atoms with E-state index in [1.165, 1.54) is 6.07 Å². The number of halogens is 3. The fourth-order valence-corrected chi connectivity index (χ4v) is 3.96. The first-order chi connectivity index (χ1) is 9.74. The number of hydrogen-bond donors (Lipinski definition) is 1. The van der Waals surface area contributed by atoms with Crippen LogP contribution in [0.1, 0.15) is 23.2 Å². The van der Waals surface area contributed by atoms with E-state index in [4.69, 9.17) is 38.6 Å². The minimum Gasteiger partial charge on any atom is -0.381 e. The number of hydrogen-bond acceptors (Lipinski definition) is 4. The van der Waals surface area contributed by atoms with Gasteiger partial charge in [-0.3, -0.25) is 4.79 Å². The number of carbonyl (C=O) groups excluding carboxylic acids is 1. The molecule has 0 atom stereocenters. The highest BCUT2D eigenvalue weighted by atomic mass is 35.7. The highest BCUT2D eigenvalue weighted by Gasteiger charge is 2.32. The maximum Gasteiger partial charge on any atom is 0.262 e. The van der Waals surface area contributed by atoms with Gasteiger partial charge in [0.05, 0.1) is 21.7 Å². The van der Waals surface area contributed by atoms with E-state index >= 15 is 0 Å². The normalized spacial score (nSPS) is 21.7. The first-order valence-corrected chi connectivity index (χ1v) is 9.07. The molecule has 1 fully saturated rings. The number of carbonyl (C=O) groups is 1. The first-order valence-electron chi connectivity index (χ1n) is 6.00. The summed E-state index contributed by atoms with van der Waals surface area (Å²) in [6.07, 6.45) is 1.49. The molecule has 1 amide bonds. The van der Waals surface area contributed by atoms with Crippen LogP contribution in [0.5, 0.6) is 0 Å². The van der Waals surface area contributed by atoms with Crippen LogP contribution in [0.25, 0.3) is 0 Å². The van der Waals surface area contributed by atoms with Crippen LogP contribution in [0.15, 0.2) is 17.0 Å². The molecule has 0 aromatic heterocycles. The predicted octanol–water partition coefficient (Wildman–Crippen LogP) is 2.83. The van der Waals surface area contributed by atoms with Gasteiger partial charge in [0.1, 0.15) is 4.90 Å². The lowest BCUT2D eigenvalue weighted by Crippen LogP contribution is -2.47. The molecule has 0 bridgehead atoms. The second-order valence-electron chi connectivity index (χ2n) is 4.67. The van der Waals surface area contributed by atoms with Crippen molar-refractivity contribution in [1.29, 1.82) is 0 Å². The smallest absolute Gasteiger partial charge is 0.262 e. The van der Waals surface area contributed by atoms with E-state index in [0.717, 1.165) is 6.07 Å². The molecule has 1 aromatic rings. The monoisotopic (exact) mass is 371 g/mol. The van der Waals surface area contributed by atoms with Crippen molar-refractivity contribution in [3.8, 4) is 0 Å². The predicted molar refractivity (Wildman–Crippen MR) is 80.8 cm³/mol. The van der Waals surface area contributed by atoms with Gasteiger partial charge in [0.25, 0.3) is 15.0 Å². The number of methoxy groups -OCH3 is 1. The number of benzene rings is 1. The van der Waals surface area contributed by atoms with Crippen LogP contribution >= 0.6 is 33.9 Å². The molecule has 1 saturated carbocycles. The lowest BCUT2D eigenvalue weighted by molar-refractivity contribution is 0.0176. The van der Waals surface area contributed by atoms with Gasteiger partial charge in [-0.25, -0.2) is 8.42 Å². The Kier molecular flexibility index (Phi) is 5.05. The van der Waals surface area contributed by atoms with Crippen LogP contribution < -0.4 is 5.32 Å². The third-order valence-corrected chi connectivity index (χ3v) is 5.49. The van der Waals surface area contributed by atoms with Crippen LogP contribution in [0, 0.1) is 0 Å². The maximum absolute atomic E-state index is 12.2. The van der Waals surface area contributed by atoms with E-state index in [2.05, 4.69) is 5.32 Å². The maximum atomic E-state index is 12.2. The van der Waals surface area contributed by atoms with Crippen molar-refractivity contribution in [3.63, 3.8) is 0 Å². The minimum atomic E-state index is -4.06. The van der Waals surface area contributed by atoms with E-state index in [1.807, 2.05) is 0 Å². The Morgan fingerprint density at radius 1 is 1.33 bits per heavy atom. The molecule has 1 aliphatic rings. The third-order valence-electron chi connectivity index (χ3n) is 3.31. The fourth-order valence-electron chi connectivity index (χ4n) is 2.06. The highest BCUT2D eigenvalue weighted by molar-refractivity contribution is 8.13. The van der Waals surface area contributed by atoms with Gasteiger partial charge in [-0.2, -0.15) is 0 Å². The summed E-state index contributed by atoms with van der Waals surface area (Å²) in [5.74, 6) is -0.535. The Morgan fingerprint density at radius 3 is 2.48 bits per heavy atom. The summed E-state index contributed by atoms with van der Waals surface area (Å²) < 4.78 is 27.9. The van der Waals surface area contributed by atoms with Gasteiger partial charge in [0, 0.05) is 23.8 Å². The summed E-state index contributed by atoms with van der Waals surface area (Å²) in [6.45, 7) is 0. The van der Waals surface area contributed by atoms with Crippen molar-refractivity contribution in [3.05, 3.63) is 27.7 Å². The second kappa shape index (κ2) is 6.30. The van der Waals surface area contributed by atoms with Crippen molar-refractivity contribution < 1.29 is 17.9 Å². The quantitative estimate of drug-likeness (QED) is 0.825. The Morgan fingerprint density at radius 2 is 1.95 bits per heavy atom. The summed E-state index contributed by atoms with van der Waals surface area (Å²) in [7, 11) is 2.82. The zero-order chi connectivity index (χ0) is 15.8. The Labute approximate surface area is 136 Å². The molecule has 0 heterocycles. The molecule has 5 nitrogen and oxygen atoms in total. The molecule has 0 unspecified atom stereocenters. The lowest BCUT2D eigenvalue weighted by Gasteiger charge is -2.34. The van der Waals surface area contributed by atoms with Crippen LogP contribution in [-0.4, -0.2) is 33.6 Å². The molecular weight excluding hydrogens is 361 g/mol. The van der Waals surface area contributed by atoms with E-state index in [-0.39, 0.29) is 32.7 Å². The van der Waals surface area contributed by atoms with E-state index in [0.29, 0.717) is 12.8 Å². The molecule has 0 saturated heterocycles. The molecule has 0 aliphatic heterocycles. The topological polar surface area (TPSA) is 72.5 Å². The summed E-state index contributed by atoms with van der Waals surface area (Å²) in [6, 6.07) is 2.38. The summed E-state index contributed by atoms with van der Waals surface area (Å²) in [4.78, 5) is 11.9. The van der Waals surface area contributed by atoms with Gasteiger partial charge in [0.2, 0.25) is 0 Å². The van der Waals surface area contributed by atoms with E-state index < -0.39 is 15.0 Å². The van der Waals surface area contributed by atoms with E-state index in [1.54, 1.807) is 7.11 Å².